The highest BCUT2D eigenvalue weighted by Crippen LogP contribution is 2.22. The zero-order valence-corrected chi connectivity index (χ0v) is 16.2. The van der Waals surface area contributed by atoms with Crippen molar-refractivity contribution >= 4 is 0 Å². The van der Waals surface area contributed by atoms with E-state index in [0.29, 0.717) is 12.1 Å². The van der Waals surface area contributed by atoms with Crippen molar-refractivity contribution in [1.29, 1.82) is 0 Å². The van der Waals surface area contributed by atoms with Crippen LogP contribution in [0.5, 0.6) is 0 Å². The summed E-state index contributed by atoms with van der Waals surface area (Å²) in [7, 11) is 0. The van der Waals surface area contributed by atoms with Gasteiger partial charge in [-0.1, -0.05) is 60.2 Å². The Morgan fingerprint density at radius 1 is 0.929 bits per heavy atom. The van der Waals surface area contributed by atoms with Crippen LogP contribution in [0.4, 0.5) is 0 Å². The van der Waals surface area contributed by atoms with Gasteiger partial charge in [-0.25, -0.2) is 4.68 Å². The van der Waals surface area contributed by atoms with Crippen LogP contribution in [0, 0.1) is 6.92 Å². The van der Waals surface area contributed by atoms with E-state index >= 15 is 0 Å². The number of rotatable bonds is 5. The van der Waals surface area contributed by atoms with Gasteiger partial charge in [0.25, 0.3) is 5.56 Å². The van der Waals surface area contributed by atoms with Crippen molar-refractivity contribution in [2.24, 2.45) is 0 Å². The van der Waals surface area contributed by atoms with E-state index in [1.165, 1.54) is 5.56 Å². The third kappa shape index (κ3) is 4.21. The molecule has 0 radical (unpaired) electrons. The van der Waals surface area contributed by atoms with Gasteiger partial charge in [0.15, 0.2) is 0 Å². The summed E-state index contributed by atoms with van der Waals surface area (Å²) in [6, 6.07) is 20.0. The van der Waals surface area contributed by atoms with E-state index in [1.54, 1.807) is 4.68 Å². The van der Waals surface area contributed by atoms with Gasteiger partial charge in [-0.15, -0.1) is 0 Å². The second kappa shape index (κ2) is 8.50. The fourth-order valence-electron chi connectivity index (χ4n) is 3.44. The summed E-state index contributed by atoms with van der Waals surface area (Å²) in [5.74, 6) is 0. The van der Waals surface area contributed by atoms with Gasteiger partial charge < -0.3 is 4.74 Å². The summed E-state index contributed by atoms with van der Waals surface area (Å²) in [6.07, 6.45) is 0. The topological polar surface area (TPSA) is 47.4 Å². The first-order valence-corrected chi connectivity index (χ1v) is 9.75. The Morgan fingerprint density at radius 3 is 2.36 bits per heavy atom. The van der Waals surface area contributed by atoms with Gasteiger partial charge in [0.1, 0.15) is 0 Å². The SMILES string of the molecule is Cc1ccc(-c2cc(-c3ccccc3)nn(CCN3CCOCC3)c2=O)cc1. The molecule has 0 unspecified atom stereocenters. The van der Waals surface area contributed by atoms with Gasteiger partial charge >= 0.3 is 0 Å². The number of ether oxygens (including phenoxy) is 1. The molecule has 3 aromatic rings. The van der Waals surface area contributed by atoms with E-state index in [9.17, 15) is 4.79 Å². The lowest BCUT2D eigenvalue weighted by molar-refractivity contribution is 0.0358. The van der Waals surface area contributed by atoms with Gasteiger partial charge in [-0.3, -0.25) is 9.69 Å². The van der Waals surface area contributed by atoms with E-state index in [0.717, 1.165) is 49.7 Å². The van der Waals surface area contributed by atoms with Crippen molar-refractivity contribution in [1.82, 2.24) is 14.7 Å². The maximum Gasteiger partial charge on any atom is 0.274 e. The second-order valence-electron chi connectivity index (χ2n) is 7.16. The van der Waals surface area contributed by atoms with E-state index in [2.05, 4.69) is 10.00 Å². The maximum atomic E-state index is 13.2. The monoisotopic (exact) mass is 375 g/mol. The van der Waals surface area contributed by atoms with Gasteiger partial charge in [0.2, 0.25) is 0 Å². The van der Waals surface area contributed by atoms with Crippen molar-refractivity contribution in [3.63, 3.8) is 0 Å². The molecule has 1 aliphatic heterocycles. The van der Waals surface area contributed by atoms with Crippen LogP contribution in [0.2, 0.25) is 0 Å². The summed E-state index contributed by atoms with van der Waals surface area (Å²) < 4.78 is 7.03. The zero-order chi connectivity index (χ0) is 19.3. The van der Waals surface area contributed by atoms with E-state index in [-0.39, 0.29) is 5.56 Å². The lowest BCUT2D eigenvalue weighted by Gasteiger charge is -2.26. The number of nitrogens with zero attached hydrogens (tertiary/aromatic N) is 3. The molecular formula is C23H25N3O2. The average Bonchev–Trinajstić information content (AvgIpc) is 2.75. The number of morpholine rings is 1. The van der Waals surface area contributed by atoms with Gasteiger partial charge in [-0.05, 0) is 18.6 Å². The third-order valence-electron chi connectivity index (χ3n) is 5.14. The average molecular weight is 375 g/mol. The molecule has 0 saturated carbocycles. The summed E-state index contributed by atoms with van der Waals surface area (Å²) >= 11 is 0. The number of benzene rings is 2. The van der Waals surface area contributed by atoms with Crippen LogP contribution in [0.3, 0.4) is 0 Å². The molecule has 4 rings (SSSR count). The van der Waals surface area contributed by atoms with Crippen molar-refractivity contribution in [3.05, 3.63) is 76.6 Å². The minimum absolute atomic E-state index is 0.0446. The Hall–Kier alpha value is -2.76. The summed E-state index contributed by atoms with van der Waals surface area (Å²) in [4.78, 5) is 15.5. The fraction of sp³-hybridized carbons (Fsp3) is 0.304. The molecule has 5 heteroatoms. The molecule has 0 N–H and O–H groups in total. The minimum Gasteiger partial charge on any atom is -0.379 e. The van der Waals surface area contributed by atoms with Crippen LogP contribution in [0.15, 0.2) is 65.5 Å². The minimum atomic E-state index is -0.0446. The van der Waals surface area contributed by atoms with Crippen LogP contribution >= 0.6 is 0 Å². The van der Waals surface area contributed by atoms with Crippen LogP contribution in [0.1, 0.15) is 5.56 Å². The smallest absolute Gasteiger partial charge is 0.274 e. The van der Waals surface area contributed by atoms with Crippen LogP contribution < -0.4 is 5.56 Å². The molecule has 0 amide bonds. The second-order valence-corrected chi connectivity index (χ2v) is 7.16. The molecule has 1 aromatic heterocycles. The Labute approximate surface area is 165 Å². The normalized spacial score (nSPS) is 14.9. The highest BCUT2D eigenvalue weighted by atomic mass is 16.5. The molecule has 28 heavy (non-hydrogen) atoms. The molecule has 0 spiro atoms. The fourth-order valence-corrected chi connectivity index (χ4v) is 3.44. The molecule has 1 saturated heterocycles. The first-order valence-electron chi connectivity index (χ1n) is 9.75. The van der Waals surface area contributed by atoms with Gasteiger partial charge in [0, 0.05) is 25.2 Å². The zero-order valence-electron chi connectivity index (χ0n) is 16.2. The first-order chi connectivity index (χ1) is 13.7. The molecule has 1 aliphatic rings. The predicted molar refractivity (Wildman–Crippen MR) is 111 cm³/mol. The first kappa shape index (κ1) is 18.6. The predicted octanol–water partition coefficient (Wildman–Crippen LogP) is 3.22. The number of hydrogen-bond acceptors (Lipinski definition) is 4. The largest absolute Gasteiger partial charge is 0.379 e. The van der Waals surface area contributed by atoms with Crippen molar-refractivity contribution in [2.75, 3.05) is 32.8 Å². The van der Waals surface area contributed by atoms with Crippen LogP contribution in [0.25, 0.3) is 22.4 Å². The van der Waals surface area contributed by atoms with Crippen molar-refractivity contribution in [3.8, 4) is 22.4 Å². The van der Waals surface area contributed by atoms with E-state index < -0.39 is 0 Å². The van der Waals surface area contributed by atoms with Gasteiger partial charge in [-0.2, -0.15) is 5.10 Å². The molecule has 5 nitrogen and oxygen atoms in total. The van der Waals surface area contributed by atoms with Crippen molar-refractivity contribution < 1.29 is 4.74 Å². The van der Waals surface area contributed by atoms with E-state index in [1.807, 2.05) is 67.6 Å². The highest BCUT2D eigenvalue weighted by Gasteiger charge is 2.14. The Balaban J connectivity index is 1.72. The van der Waals surface area contributed by atoms with Crippen molar-refractivity contribution in [2.45, 2.75) is 13.5 Å². The lowest BCUT2D eigenvalue weighted by Crippen LogP contribution is -2.39. The Morgan fingerprint density at radius 2 is 1.64 bits per heavy atom. The highest BCUT2D eigenvalue weighted by molar-refractivity contribution is 5.69. The van der Waals surface area contributed by atoms with Gasteiger partial charge in [0.05, 0.1) is 31.0 Å². The maximum absolute atomic E-state index is 13.2. The number of aryl methyl sites for hydroxylation is 1. The van der Waals surface area contributed by atoms with Crippen LogP contribution in [-0.2, 0) is 11.3 Å². The molecule has 144 valence electrons. The Kier molecular flexibility index (Phi) is 5.65. The lowest BCUT2D eigenvalue weighted by atomic mass is 10.0. The molecule has 2 aromatic carbocycles. The van der Waals surface area contributed by atoms with E-state index in [4.69, 9.17) is 4.74 Å². The molecule has 0 aliphatic carbocycles. The standard InChI is InChI=1S/C23H25N3O2/c1-18-7-9-19(10-8-18)21-17-22(20-5-3-2-4-6-20)24-26(23(21)27)12-11-25-13-15-28-16-14-25/h2-10,17H,11-16H2,1H3. The molecular weight excluding hydrogens is 350 g/mol. The number of aromatic nitrogens is 2. The number of hydrogen-bond donors (Lipinski definition) is 0. The third-order valence-corrected chi connectivity index (χ3v) is 5.14. The summed E-state index contributed by atoms with van der Waals surface area (Å²) in [6.45, 7) is 6.71. The summed E-state index contributed by atoms with van der Waals surface area (Å²) in [5.41, 5.74) is 4.57. The molecule has 1 fully saturated rings. The van der Waals surface area contributed by atoms with Crippen LogP contribution in [-0.4, -0.2) is 47.5 Å². The summed E-state index contributed by atoms with van der Waals surface area (Å²) in [5, 5.41) is 4.68. The molecule has 0 bridgehead atoms. The molecule has 2 heterocycles. The Bertz CT molecular complexity index is 975. The molecule has 0 atom stereocenters. The quantitative estimate of drug-likeness (QED) is 0.687.